The zero-order chi connectivity index (χ0) is 22.2. The van der Waals surface area contributed by atoms with E-state index in [9.17, 15) is 9.90 Å². The molecule has 32 heavy (non-hydrogen) atoms. The van der Waals surface area contributed by atoms with Gasteiger partial charge in [0.05, 0.1) is 29.2 Å². The fourth-order valence-corrected chi connectivity index (χ4v) is 4.20. The van der Waals surface area contributed by atoms with E-state index in [0.717, 1.165) is 40.9 Å². The molecule has 1 aromatic carbocycles. The average Bonchev–Trinajstić information content (AvgIpc) is 3.41. The van der Waals surface area contributed by atoms with Gasteiger partial charge in [-0.1, -0.05) is 0 Å². The minimum absolute atomic E-state index is 0.275. The van der Waals surface area contributed by atoms with Gasteiger partial charge < -0.3 is 25.4 Å². The number of fused-ring (bicyclic) bond motifs is 1. The first-order chi connectivity index (χ1) is 15.5. The second-order valence-corrected chi connectivity index (χ2v) is 8.29. The number of carbonyl (C=O) groups is 1. The summed E-state index contributed by atoms with van der Waals surface area (Å²) in [6.07, 6.45) is 5.65. The van der Waals surface area contributed by atoms with Crippen LogP contribution in [0.2, 0.25) is 0 Å². The average molecular weight is 435 g/mol. The lowest BCUT2D eigenvalue weighted by molar-refractivity contribution is -0.113. The highest BCUT2D eigenvalue weighted by Gasteiger charge is 2.26. The van der Waals surface area contributed by atoms with Crippen LogP contribution in [-0.2, 0) is 16.6 Å². The number of piperidine rings is 1. The van der Waals surface area contributed by atoms with Crippen molar-refractivity contribution in [3.05, 3.63) is 59.9 Å². The number of benzene rings is 1. The second kappa shape index (κ2) is 8.16. The van der Waals surface area contributed by atoms with Crippen LogP contribution in [0.3, 0.4) is 0 Å². The molecule has 0 spiro atoms. The molecule has 1 atom stereocenters. The summed E-state index contributed by atoms with van der Waals surface area (Å²) in [4.78, 5) is 19.5. The van der Waals surface area contributed by atoms with Gasteiger partial charge in [0.1, 0.15) is 12.0 Å². The predicted molar refractivity (Wildman–Crippen MR) is 121 cm³/mol. The maximum Gasteiger partial charge on any atom is 0.275 e. The molecule has 1 unspecified atom stereocenters. The number of amides is 1. The Morgan fingerprint density at radius 1 is 1.28 bits per heavy atom. The number of rotatable bonds is 4. The van der Waals surface area contributed by atoms with Crippen LogP contribution in [-0.4, -0.2) is 45.0 Å². The monoisotopic (exact) mass is 434 g/mol. The van der Waals surface area contributed by atoms with Gasteiger partial charge in [-0.25, -0.2) is 0 Å². The van der Waals surface area contributed by atoms with Gasteiger partial charge in [-0.3, -0.25) is 14.5 Å². The molecule has 2 aliphatic heterocycles. The Bertz CT molecular complexity index is 1200. The summed E-state index contributed by atoms with van der Waals surface area (Å²) < 4.78 is 7.50. The normalized spacial score (nSPS) is 18.9. The van der Waals surface area contributed by atoms with Crippen molar-refractivity contribution in [3.8, 4) is 0 Å². The molecule has 0 radical (unpaired) electrons. The van der Waals surface area contributed by atoms with Crippen LogP contribution in [0.4, 0.5) is 11.4 Å². The zero-order valence-electron chi connectivity index (χ0n) is 18.1. The molecule has 3 aromatic rings. The van der Waals surface area contributed by atoms with Gasteiger partial charge in [-0.15, -0.1) is 0 Å². The van der Waals surface area contributed by atoms with E-state index in [-0.39, 0.29) is 12.0 Å². The molecule has 3 N–H and O–H groups in total. The third-order valence-electron chi connectivity index (χ3n) is 5.99. The number of hydrogen-bond acceptors (Lipinski definition) is 7. The van der Waals surface area contributed by atoms with Gasteiger partial charge in [0, 0.05) is 43.0 Å². The van der Waals surface area contributed by atoms with Crippen LogP contribution in [0.15, 0.2) is 48.6 Å². The number of hydrogen-bond donors (Lipinski definition) is 3. The third-order valence-corrected chi connectivity index (χ3v) is 5.99. The number of carbonyl (C=O) groups excluding carboxylic acids is 1. The summed E-state index contributed by atoms with van der Waals surface area (Å²) in [5.41, 5.74) is 4.75. The van der Waals surface area contributed by atoms with E-state index in [0.29, 0.717) is 24.2 Å². The van der Waals surface area contributed by atoms with E-state index >= 15 is 0 Å². The standard InChI is InChI=1S/C23H26N6O3/c1-14-9-15(3-6-24-14)23-27-19(13-32-23)22(31)26-18-10-16-12-25-28(2)20(16)11-21(18)29-7-4-17(30)5-8-29/h3,6,9-13,17,23,27,30H,4-5,7-8H2,1-2H3,(H,26,31). The SMILES string of the molecule is Cc1cc(C2NC(C(=O)Nc3cc4cnn(C)c4cc3N3CCC(O)CC3)=CO2)ccn1. The summed E-state index contributed by atoms with van der Waals surface area (Å²) in [6, 6.07) is 7.77. The molecule has 1 saturated heterocycles. The highest BCUT2D eigenvalue weighted by atomic mass is 16.5. The first kappa shape index (κ1) is 20.3. The maximum absolute atomic E-state index is 13.1. The minimum Gasteiger partial charge on any atom is -0.472 e. The molecule has 166 valence electrons. The van der Waals surface area contributed by atoms with Gasteiger partial charge in [-0.05, 0) is 44.0 Å². The molecular formula is C23H26N6O3. The number of pyridine rings is 1. The smallest absolute Gasteiger partial charge is 0.275 e. The second-order valence-electron chi connectivity index (χ2n) is 8.29. The number of ether oxygens (including phenoxy) is 1. The van der Waals surface area contributed by atoms with E-state index in [1.807, 2.05) is 42.9 Å². The molecule has 1 fully saturated rings. The molecule has 9 nitrogen and oxygen atoms in total. The van der Waals surface area contributed by atoms with Gasteiger partial charge in [0.2, 0.25) is 0 Å². The lowest BCUT2D eigenvalue weighted by Gasteiger charge is -2.33. The molecule has 0 bridgehead atoms. The molecule has 1 amide bonds. The number of aliphatic hydroxyl groups is 1. The molecule has 2 aromatic heterocycles. The molecular weight excluding hydrogens is 408 g/mol. The Kier molecular flexibility index (Phi) is 5.18. The van der Waals surface area contributed by atoms with E-state index in [4.69, 9.17) is 4.74 Å². The molecule has 0 aliphatic carbocycles. The highest BCUT2D eigenvalue weighted by molar-refractivity contribution is 6.07. The summed E-state index contributed by atoms with van der Waals surface area (Å²) in [7, 11) is 1.90. The number of nitrogens with zero attached hydrogens (tertiary/aromatic N) is 4. The van der Waals surface area contributed by atoms with Crippen molar-refractivity contribution >= 4 is 28.2 Å². The predicted octanol–water partition coefficient (Wildman–Crippen LogP) is 2.34. The first-order valence-corrected chi connectivity index (χ1v) is 10.7. The topological polar surface area (TPSA) is 105 Å². The first-order valence-electron chi connectivity index (χ1n) is 10.7. The largest absolute Gasteiger partial charge is 0.472 e. The van der Waals surface area contributed by atoms with Crippen molar-refractivity contribution in [2.24, 2.45) is 7.05 Å². The maximum atomic E-state index is 13.1. The summed E-state index contributed by atoms with van der Waals surface area (Å²) in [5, 5.41) is 21.4. The van der Waals surface area contributed by atoms with Gasteiger partial charge in [0.25, 0.3) is 5.91 Å². The fraction of sp³-hybridized carbons (Fsp3) is 0.348. The third kappa shape index (κ3) is 3.87. The molecule has 0 saturated carbocycles. The Labute approximate surface area is 185 Å². The number of nitrogens with one attached hydrogen (secondary N) is 2. The number of aromatic nitrogens is 3. The van der Waals surface area contributed by atoms with Crippen LogP contribution in [0.25, 0.3) is 10.9 Å². The molecule has 4 heterocycles. The molecule has 2 aliphatic rings. The minimum atomic E-state index is -0.429. The van der Waals surface area contributed by atoms with E-state index in [1.54, 1.807) is 12.4 Å². The highest BCUT2D eigenvalue weighted by Crippen LogP contribution is 2.34. The van der Waals surface area contributed by atoms with E-state index in [1.165, 1.54) is 6.26 Å². The number of aliphatic hydroxyl groups excluding tert-OH is 1. The quantitative estimate of drug-likeness (QED) is 0.579. The lowest BCUT2D eigenvalue weighted by atomic mass is 10.1. The number of anilines is 2. The van der Waals surface area contributed by atoms with Crippen molar-refractivity contribution in [1.82, 2.24) is 20.1 Å². The van der Waals surface area contributed by atoms with Crippen molar-refractivity contribution in [2.45, 2.75) is 32.1 Å². The molecule has 9 heteroatoms. The Morgan fingerprint density at radius 3 is 2.88 bits per heavy atom. The Hall–Kier alpha value is -3.59. The summed E-state index contributed by atoms with van der Waals surface area (Å²) in [5.74, 6) is -0.278. The van der Waals surface area contributed by atoms with Gasteiger partial charge >= 0.3 is 0 Å². The van der Waals surface area contributed by atoms with Gasteiger partial charge in [-0.2, -0.15) is 5.10 Å². The zero-order valence-corrected chi connectivity index (χ0v) is 18.1. The van der Waals surface area contributed by atoms with Gasteiger partial charge in [0.15, 0.2) is 6.23 Å². The van der Waals surface area contributed by atoms with Crippen molar-refractivity contribution < 1.29 is 14.6 Å². The van der Waals surface area contributed by atoms with Crippen LogP contribution in [0, 0.1) is 6.92 Å². The van der Waals surface area contributed by atoms with Crippen LogP contribution in [0.1, 0.15) is 30.3 Å². The summed E-state index contributed by atoms with van der Waals surface area (Å²) >= 11 is 0. The Morgan fingerprint density at radius 2 is 2.09 bits per heavy atom. The lowest BCUT2D eigenvalue weighted by Crippen LogP contribution is -2.36. The fourth-order valence-electron chi connectivity index (χ4n) is 4.20. The van der Waals surface area contributed by atoms with Crippen molar-refractivity contribution in [1.29, 1.82) is 0 Å². The van der Waals surface area contributed by atoms with Crippen LogP contribution >= 0.6 is 0 Å². The van der Waals surface area contributed by atoms with Crippen molar-refractivity contribution in [3.63, 3.8) is 0 Å². The van der Waals surface area contributed by atoms with Crippen molar-refractivity contribution in [2.75, 3.05) is 23.3 Å². The Balaban J connectivity index is 1.38. The van der Waals surface area contributed by atoms with Crippen LogP contribution < -0.4 is 15.5 Å². The molecule has 5 rings (SSSR count). The summed E-state index contributed by atoms with van der Waals surface area (Å²) in [6.45, 7) is 3.36. The number of aryl methyl sites for hydroxylation is 2. The van der Waals surface area contributed by atoms with Crippen LogP contribution in [0.5, 0.6) is 0 Å². The van der Waals surface area contributed by atoms with E-state index in [2.05, 4.69) is 25.6 Å². The van der Waals surface area contributed by atoms with E-state index < -0.39 is 6.23 Å².